The van der Waals surface area contributed by atoms with E-state index in [1.807, 2.05) is 19.4 Å². The fraction of sp³-hybridized carbons (Fsp3) is 0.438. The highest BCUT2D eigenvalue weighted by atomic mass is 79.9. The minimum atomic E-state index is 0.369. The molecule has 4 heteroatoms. The van der Waals surface area contributed by atoms with Crippen molar-refractivity contribution in [3.05, 3.63) is 52.0 Å². The van der Waals surface area contributed by atoms with E-state index in [0.29, 0.717) is 6.04 Å². The maximum Gasteiger partial charge on any atom is 0.108 e. The number of aromatic nitrogens is 2. The smallest absolute Gasteiger partial charge is 0.108 e. The number of imidazole rings is 1. The van der Waals surface area contributed by atoms with E-state index in [1.165, 1.54) is 15.6 Å². The van der Waals surface area contributed by atoms with Gasteiger partial charge in [-0.2, -0.15) is 0 Å². The summed E-state index contributed by atoms with van der Waals surface area (Å²) in [5, 5.41) is 3.57. The number of hydrogen-bond donors (Lipinski definition) is 1. The van der Waals surface area contributed by atoms with Crippen molar-refractivity contribution in [1.82, 2.24) is 14.9 Å². The normalized spacial score (nSPS) is 12.6. The number of nitrogens with one attached hydrogen (secondary N) is 1. The zero-order valence-electron chi connectivity index (χ0n) is 12.4. The van der Waals surface area contributed by atoms with Gasteiger partial charge in [-0.15, -0.1) is 0 Å². The van der Waals surface area contributed by atoms with Crippen LogP contribution in [0.4, 0.5) is 0 Å². The van der Waals surface area contributed by atoms with Gasteiger partial charge in [-0.3, -0.25) is 0 Å². The molecule has 2 aromatic rings. The Balaban J connectivity index is 2.10. The van der Waals surface area contributed by atoms with Crippen LogP contribution < -0.4 is 5.32 Å². The van der Waals surface area contributed by atoms with Gasteiger partial charge in [0.1, 0.15) is 5.82 Å². The molecule has 1 heterocycles. The van der Waals surface area contributed by atoms with Gasteiger partial charge in [-0.25, -0.2) is 4.98 Å². The summed E-state index contributed by atoms with van der Waals surface area (Å²) in [6.45, 7) is 5.23. The molecule has 1 aromatic carbocycles. The molecule has 0 aliphatic carbocycles. The fourth-order valence-corrected chi connectivity index (χ4v) is 2.77. The topological polar surface area (TPSA) is 29.9 Å². The average molecular weight is 336 g/mol. The lowest BCUT2D eigenvalue weighted by Crippen LogP contribution is -2.22. The van der Waals surface area contributed by atoms with Crippen LogP contribution in [-0.4, -0.2) is 16.1 Å². The van der Waals surface area contributed by atoms with E-state index in [9.17, 15) is 0 Å². The minimum Gasteiger partial charge on any atom is -0.338 e. The van der Waals surface area contributed by atoms with Crippen LogP contribution >= 0.6 is 15.9 Å². The summed E-state index contributed by atoms with van der Waals surface area (Å²) >= 11 is 3.62. The van der Waals surface area contributed by atoms with Gasteiger partial charge in [-0.05, 0) is 37.1 Å². The van der Waals surface area contributed by atoms with E-state index in [4.69, 9.17) is 0 Å². The third kappa shape index (κ3) is 3.70. The Labute approximate surface area is 129 Å². The first-order chi connectivity index (χ1) is 9.61. The standard InChI is InChI=1S/C16H22BrN3/c1-4-18-15(7-8-16-19-9-10-20(16)3)13-6-5-12(2)14(17)11-13/h5-6,9-11,15,18H,4,7-8H2,1-3H3. The predicted octanol–water partition coefficient (Wildman–Crippen LogP) is 3.77. The van der Waals surface area contributed by atoms with Crippen LogP contribution in [0.25, 0.3) is 0 Å². The predicted molar refractivity (Wildman–Crippen MR) is 86.8 cm³/mol. The summed E-state index contributed by atoms with van der Waals surface area (Å²) in [6.07, 6.45) is 5.89. The van der Waals surface area contributed by atoms with Crippen LogP contribution in [0.2, 0.25) is 0 Å². The van der Waals surface area contributed by atoms with Crippen molar-refractivity contribution in [2.24, 2.45) is 7.05 Å². The summed E-state index contributed by atoms with van der Waals surface area (Å²) in [7, 11) is 2.05. The number of halogens is 1. The monoisotopic (exact) mass is 335 g/mol. The molecule has 3 nitrogen and oxygen atoms in total. The van der Waals surface area contributed by atoms with E-state index in [1.54, 1.807) is 0 Å². The molecule has 0 bridgehead atoms. The molecule has 1 N–H and O–H groups in total. The first kappa shape index (κ1) is 15.3. The maximum atomic E-state index is 4.40. The molecule has 0 saturated heterocycles. The lowest BCUT2D eigenvalue weighted by Gasteiger charge is -2.19. The van der Waals surface area contributed by atoms with Gasteiger partial charge in [-0.1, -0.05) is 35.0 Å². The molecule has 0 fully saturated rings. The Hall–Kier alpha value is -1.13. The van der Waals surface area contributed by atoms with Gasteiger partial charge in [0.25, 0.3) is 0 Å². The van der Waals surface area contributed by atoms with Crippen molar-refractivity contribution in [2.45, 2.75) is 32.7 Å². The third-order valence-corrected chi connectivity index (χ3v) is 4.48. The van der Waals surface area contributed by atoms with E-state index in [2.05, 4.69) is 62.8 Å². The van der Waals surface area contributed by atoms with Crippen LogP contribution in [-0.2, 0) is 13.5 Å². The largest absolute Gasteiger partial charge is 0.338 e. The second-order valence-electron chi connectivity index (χ2n) is 5.11. The van der Waals surface area contributed by atoms with Crippen molar-refractivity contribution < 1.29 is 0 Å². The second kappa shape index (κ2) is 7.04. The minimum absolute atomic E-state index is 0.369. The van der Waals surface area contributed by atoms with Crippen molar-refractivity contribution in [2.75, 3.05) is 6.54 Å². The number of aryl methyl sites for hydroxylation is 3. The molecule has 0 spiro atoms. The van der Waals surface area contributed by atoms with Gasteiger partial charge in [0.15, 0.2) is 0 Å². The van der Waals surface area contributed by atoms with Gasteiger partial charge in [0, 0.05) is 36.4 Å². The maximum absolute atomic E-state index is 4.40. The summed E-state index contributed by atoms with van der Waals surface area (Å²) in [5.41, 5.74) is 2.60. The van der Waals surface area contributed by atoms with Gasteiger partial charge in [0.05, 0.1) is 0 Å². The van der Waals surface area contributed by atoms with Crippen LogP contribution in [0.15, 0.2) is 35.1 Å². The molecule has 2 rings (SSSR count). The molecule has 0 aliphatic heterocycles. The Kier molecular flexibility index (Phi) is 5.38. The number of rotatable bonds is 6. The van der Waals surface area contributed by atoms with Crippen LogP contribution in [0, 0.1) is 6.92 Å². The molecule has 0 amide bonds. The molecule has 1 atom stereocenters. The van der Waals surface area contributed by atoms with Crippen molar-refractivity contribution in [1.29, 1.82) is 0 Å². The van der Waals surface area contributed by atoms with Crippen LogP contribution in [0.3, 0.4) is 0 Å². The van der Waals surface area contributed by atoms with E-state index in [-0.39, 0.29) is 0 Å². The van der Waals surface area contributed by atoms with E-state index < -0.39 is 0 Å². The average Bonchev–Trinajstić information content (AvgIpc) is 2.83. The highest BCUT2D eigenvalue weighted by molar-refractivity contribution is 9.10. The fourth-order valence-electron chi connectivity index (χ4n) is 2.37. The molecule has 0 aliphatic rings. The Morgan fingerprint density at radius 2 is 2.20 bits per heavy atom. The Morgan fingerprint density at radius 3 is 2.80 bits per heavy atom. The van der Waals surface area contributed by atoms with E-state index in [0.717, 1.165) is 25.2 Å². The summed E-state index contributed by atoms with van der Waals surface area (Å²) < 4.78 is 3.27. The molecule has 0 radical (unpaired) electrons. The highest BCUT2D eigenvalue weighted by Gasteiger charge is 2.12. The second-order valence-corrected chi connectivity index (χ2v) is 5.97. The molecule has 20 heavy (non-hydrogen) atoms. The molecule has 1 unspecified atom stereocenters. The molecule has 108 valence electrons. The zero-order valence-corrected chi connectivity index (χ0v) is 13.9. The molecular formula is C16H22BrN3. The Morgan fingerprint density at radius 1 is 1.40 bits per heavy atom. The molecule has 1 aromatic heterocycles. The SMILES string of the molecule is CCNC(CCc1nccn1C)c1ccc(C)c(Br)c1. The van der Waals surface area contributed by atoms with Crippen molar-refractivity contribution >= 4 is 15.9 Å². The van der Waals surface area contributed by atoms with Crippen LogP contribution in [0.5, 0.6) is 0 Å². The summed E-state index contributed by atoms with van der Waals surface area (Å²) in [5.74, 6) is 1.14. The van der Waals surface area contributed by atoms with Gasteiger partial charge in [0.2, 0.25) is 0 Å². The highest BCUT2D eigenvalue weighted by Crippen LogP contribution is 2.24. The van der Waals surface area contributed by atoms with Crippen molar-refractivity contribution in [3.63, 3.8) is 0 Å². The molecule has 0 saturated carbocycles. The zero-order chi connectivity index (χ0) is 14.5. The summed E-state index contributed by atoms with van der Waals surface area (Å²) in [4.78, 5) is 4.40. The number of benzene rings is 1. The van der Waals surface area contributed by atoms with Crippen molar-refractivity contribution in [3.8, 4) is 0 Å². The quantitative estimate of drug-likeness (QED) is 0.870. The lowest BCUT2D eigenvalue weighted by atomic mass is 10.0. The van der Waals surface area contributed by atoms with Gasteiger partial charge >= 0.3 is 0 Å². The van der Waals surface area contributed by atoms with E-state index >= 15 is 0 Å². The molecular weight excluding hydrogens is 314 g/mol. The third-order valence-electron chi connectivity index (χ3n) is 3.63. The first-order valence-corrected chi connectivity index (χ1v) is 7.86. The van der Waals surface area contributed by atoms with Gasteiger partial charge < -0.3 is 9.88 Å². The number of nitrogens with zero attached hydrogens (tertiary/aromatic N) is 2. The first-order valence-electron chi connectivity index (χ1n) is 7.07. The number of hydrogen-bond acceptors (Lipinski definition) is 2. The van der Waals surface area contributed by atoms with Crippen LogP contribution in [0.1, 0.15) is 36.3 Å². The summed E-state index contributed by atoms with van der Waals surface area (Å²) in [6, 6.07) is 6.98. The Bertz CT molecular complexity index is 563. The lowest BCUT2D eigenvalue weighted by molar-refractivity contribution is 0.505.